The number of carboxylic acids is 1. The number of aliphatic carboxylic acids is 1. The number of likely N-dealkylation sites (N-methyl/N-ethyl adjacent to an activating group) is 1. The zero-order chi connectivity index (χ0) is 14.5. The maximum absolute atomic E-state index is 11.5. The first-order chi connectivity index (χ1) is 8.84. The third kappa shape index (κ3) is 4.76. The summed E-state index contributed by atoms with van der Waals surface area (Å²) in [4.78, 5) is 34.9. The van der Waals surface area contributed by atoms with Crippen molar-refractivity contribution in [3.05, 3.63) is 0 Å². The molecule has 0 unspecified atom stereocenters. The molecule has 7 heteroatoms. The zero-order valence-electron chi connectivity index (χ0n) is 11.4. The molecule has 0 aliphatic heterocycles. The van der Waals surface area contributed by atoms with Crippen LogP contribution in [0.5, 0.6) is 0 Å². The Morgan fingerprint density at radius 2 is 1.84 bits per heavy atom. The molecule has 0 aromatic carbocycles. The molecule has 0 atom stereocenters. The van der Waals surface area contributed by atoms with E-state index in [-0.39, 0.29) is 24.3 Å². The van der Waals surface area contributed by atoms with E-state index in [9.17, 15) is 14.4 Å². The number of rotatable bonds is 6. The molecule has 0 aromatic rings. The SMILES string of the molecule is CN(C)C(=O)CNC(=O)NCC1(CC(=O)O)CCC1. The third-order valence-electron chi connectivity index (χ3n) is 3.46. The smallest absolute Gasteiger partial charge is 0.315 e. The van der Waals surface area contributed by atoms with Gasteiger partial charge < -0.3 is 20.6 Å². The van der Waals surface area contributed by atoms with Crippen molar-refractivity contribution in [1.82, 2.24) is 15.5 Å². The number of carboxylic acid groups (broad SMARTS) is 1. The number of urea groups is 1. The normalized spacial score (nSPS) is 16.1. The van der Waals surface area contributed by atoms with Gasteiger partial charge in [0.25, 0.3) is 0 Å². The van der Waals surface area contributed by atoms with Crippen LogP contribution in [-0.4, -0.2) is 55.1 Å². The molecule has 1 aliphatic carbocycles. The second-order valence-corrected chi connectivity index (χ2v) is 5.25. The summed E-state index contributed by atoms with van der Waals surface area (Å²) in [7, 11) is 3.22. The summed E-state index contributed by atoms with van der Waals surface area (Å²) in [5, 5.41) is 13.9. The summed E-state index contributed by atoms with van der Waals surface area (Å²) in [6.45, 7) is 0.270. The van der Waals surface area contributed by atoms with E-state index in [1.54, 1.807) is 14.1 Å². The fourth-order valence-electron chi connectivity index (χ4n) is 2.06. The number of amides is 3. The number of carbonyl (C=O) groups is 3. The molecule has 108 valence electrons. The minimum atomic E-state index is -0.843. The highest BCUT2D eigenvalue weighted by molar-refractivity contribution is 5.83. The lowest BCUT2D eigenvalue weighted by atomic mass is 9.66. The van der Waals surface area contributed by atoms with Crippen LogP contribution in [-0.2, 0) is 9.59 Å². The van der Waals surface area contributed by atoms with E-state index in [2.05, 4.69) is 10.6 Å². The van der Waals surface area contributed by atoms with Crippen LogP contribution in [0.2, 0.25) is 0 Å². The summed E-state index contributed by atoms with van der Waals surface area (Å²) in [6.07, 6.45) is 2.70. The number of nitrogens with zero attached hydrogens (tertiary/aromatic N) is 1. The van der Waals surface area contributed by atoms with E-state index in [4.69, 9.17) is 5.11 Å². The van der Waals surface area contributed by atoms with Gasteiger partial charge in [-0.05, 0) is 18.3 Å². The Morgan fingerprint density at radius 1 is 1.21 bits per heavy atom. The second kappa shape index (κ2) is 6.40. The van der Waals surface area contributed by atoms with Crippen molar-refractivity contribution >= 4 is 17.9 Å². The van der Waals surface area contributed by atoms with E-state index in [0.29, 0.717) is 6.54 Å². The molecule has 0 spiro atoms. The number of carbonyl (C=O) groups excluding carboxylic acids is 2. The molecular weight excluding hydrogens is 250 g/mol. The Bertz CT molecular complexity index is 364. The van der Waals surface area contributed by atoms with Gasteiger partial charge in [-0.25, -0.2) is 4.79 Å². The van der Waals surface area contributed by atoms with Crippen molar-refractivity contribution in [2.45, 2.75) is 25.7 Å². The Labute approximate surface area is 112 Å². The molecule has 7 nitrogen and oxygen atoms in total. The molecular formula is C12H21N3O4. The molecule has 1 fully saturated rings. The van der Waals surface area contributed by atoms with Crippen molar-refractivity contribution < 1.29 is 19.5 Å². The first-order valence-corrected chi connectivity index (χ1v) is 6.28. The molecule has 0 saturated heterocycles. The topological polar surface area (TPSA) is 98.7 Å². The van der Waals surface area contributed by atoms with Gasteiger partial charge in [-0.1, -0.05) is 6.42 Å². The highest BCUT2D eigenvalue weighted by Crippen LogP contribution is 2.43. The summed E-state index contributed by atoms with van der Waals surface area (Å²) < 4.78 is 0. The first kappa shape index (κ1) is 15.3. The van der Waals surface area contributed by atoms with E-state index in [1.807, 2.05) is 0 Å². The Morgan fingerprint density at radius 3 is 2.26 bits per heavy atom. The molecule has 0 heterocycles. The van der Waals surface area contributed by atoms with Gasteiger partial charge in [0.1, 0.15) is 0 Å². The van der Waals surface area contributed by atoms with E-state index < -0.39 is 12.0 Å². The van der Waals surface area contributed by atoms with E-state index in [1.165, 1.54) is 4.90 Å². The first-order valence-electron chi connectivity index (χ1n) is 6.28. The quantitative estimate of drug-likeness (QED) is 0.634. The number of nitrogens with one attached hydrogen (secondary N) is 2. The van der Waals surface area contributed by atoms with Crippen LogP contribution < -0.4 is 10.6 Å². The van der Waals surface area contributed by atoms with E-state index in [0.717, 1.165) is 19.3 Å². The van der Waals surface area contributed by atoms with Crippen LogP contribution >= 0.6 is 0 Å². The lowest BCUT2D eigenvalue weighted by Crippen LogP contribution is -2.48. The molecule has 1 aliphatic rings. The average Bonchev–Trinajstić information content (AvgIpc) is 2.28. The predicted molar refractivity (Wildman–Crippen MR) is 68.6 cm³/mol. The maximum Gasteiger partial charge on any atom is 0.315 e. The van der Waals surface area contributed by atoms with Crippen LogP contribution in [0.1, 0.15) is 25.7 Å². The van der Waals surface area contributed by atoms with Gasteiger partial charge in [0.2, 0.25) is 5.91 Å². The summed E-state index contributed by atoms with van der Waals surface area (Å²) >= 11 is 0. The molecule has 19 heavy (non-hydrogen) atoms. The molecule has 1 saturated carbocycles. The lowest BCUT2D eigenvalue weighted by molar-refractivity contribution is -0.141. The van der Waals surface area contributed by atoms with Gasteiger partial charge in [-0.15, -0.1) is 0 Å². The highest BCUT2D eigenvalue weighted by Gasteiger charge is 2.39. The minimum absolute atomic E-state index is 0.0647. The molecule has 0 radical (unpaired) electrons. The molecule has 3 N–H and O–H groups in total. The standard InChI is InChI=1S/C12H21N3O4/c1-15(2)9(16)7-13-11(19)14-8-12(4-3-5-12)6-10(17)18/h3-8H2,1-2H3,(H,17,18)(H2,13,14,19). The van der Waals surface area contributed by atoms with Gasteiger partial charge in [-0.2, -0.15) is 0 Å². The fraction of sp³-hybridized carbons (Fsp3) is 0.750. The molecule has 3 amide bonds. The lowest BCUT2D eigenvalue weighted by Gasteiger charge is -2.40. The monoisotopic (exact) mass is 271 g/mol. The minimum Gasteiger partial charge on any atom is -0.481 e. The molecule has 0 aromatic heterocycles. The Kier molecular flexibility index (Phi) is 5.14. The second-order valence-electron chi connectivity index (χ2n) is 5.25. The number of hydrogen-bond acceptors (Lipinski definition) is 3. The van der Waals surface area contributed by atoms with Crippen LogP contribution in [0, 0.1) is 5.41 Å². The van der Waals surface area contributed by atoms with Crippen LogP contribution in [0.4, 0.5) is 4.79 Å². The average molecular weight is 271 g/mol. The fourth-order valence-corrected chi connectivity index (χ4v) is 2.06. The largest absolute Gasteiger partial charge is 0.481 e. The third-order valence-corrected chi connectivity index (χ3v) is 3.46. The Balaban J connectivity index is 2.29. The summed E-state index contributed by atoms with van der Waals surface area (Å²) in [6, 6.07) is -0.438. The van der Waals surface area contributed by atoms with Gasteiger partial charge in [-0.3, -0.25) is 9.59 Å². The van der Waals surface area contributed by atoms with Crippen LogP contribution in [0.3, 0.4) is 0 Å². The molecule has 0 bridgehead atoms. The maximum atomic E-state index is 11.5. The van der Waals surface area contributed by atoms with Gasteiger partial charge >= 0.3 is 12.0 Å². The summed E-state index contributed by atoms with van der Waals surface area (Å²) in [5.41, 5.74) is -0.311. The van der Waals surface area contributed by atoms with Gasteiger partial charge in [0.05, 0.1) is 13.0 Å². The van der Waals surface area contributed by atoms with Gasteiger partial charge in [0.15, 0.2) is 0 Å². The zero-order valence-corrected chi connectivity index (χ0v) is 11.4. The van der Waals surface area contributed by atoms with Gasteiger partial charge in [0, 0.05) is 20.6 Å². The van der Waals surface area contributed by atoms with Crippen molar-refractivity contribution in [3.63, 3.8) is 0 Å². The van der Waals surface area contributed by atoms with Crippen molar-refractivity contribution in [1.29, 1.82) is 0 Å². The number of hydrogen-bond donors (Lipinski definition) is 3. The summed E-state index contributed by atoms with van der Waals surface area (Å²) in [5.74, 6) is -1.04. The van der Waals surface area contributed by atoms with E-state index >= 15 is 0 Å². The molecule has 1 rings (SSSR count). The predicted octanol–water partition coefficient (Wildman–Crippen LogP) is 0.0188. The van der Waals surface area contributed by atoms with Crippen LogP contribution in [0.15, 0.2) is 0 Å². The Hall–Kier alpha value is -1.79. The van der Waals surface area contributed by atoms with Crippen LogP contribution in [0.25, 0.3) is 0 Å². The van der Waals surface area contributed by atoms with Crippen molar-refractivity contribution in [3.8, 4) is 0 Å². The highest BCUT2D eigenvalue weighted by atomic mass is 16.4. The van der Waals surface area contributed by atoms with Crippen molar-refractivity contribution in [2.75, 3.05) is 27.2 Å². The van der Waals surface area contributed by atoms with Crippen molar-refractivity contribution in [2.24, 2.45) is 5.41 Å².